The number of aromatic nitrogens is 4. The van der Waals surface area contributed by atoms with E-state index in [0.717, 1.165) is 16.8 Å². The van der Waals surface area contributed by atoms with E-state index in [2.05, 4.69) is 20.3 Å². The zero-order valence-electron chi connectivity index (χ0n) is 13.3. The highest BCUT2D eigenvalue weighted by Gasteiger charge is 2.35. The third-order valence-electron chi connectivity index (χ3n) is 4.16. The van der Waals surface area contributed by atoms with Gasteiger partial charge in [0, 0.05) is 31.3 Å². The van der Waals surface area contributed by atoms with Gasteiger partial charge in [-0.2, -0.15) is 10.1 Å². The minimum atomic E-state index is -0.114. The topological polar surface area (TPSA) is 114 Å². The molecule has 2 aromatic heterocycles. The zero-order valence-corrected chi connectivity index (χ0v) is 14.1. The minimum Gasteiger partial charge on any atom is -0.339 e. The number of nitrogens with zero attached hydrogens (tertiary/aromatic N) is 4. The molecule has 0 aliphatic carbocycles. The lowest BCUT2D eigenvalue weighted by atomic mass is 10.1. The van der Waals surface area contributed by atoms with E-state index in [-0.39, 0.29) is 24.2 Å². The lowest BCUT2D eigenvalue weighted by Crippen LogP contribution is -2.23. The van der Waals surface area contributed by atoms with Crippen LogP contribution in [0.3, 0.4) is 0 Å². The molecule has 0 bridgehead atoms. The summed E-state index contributed by atoms with van der Waals surface area (Å²) in [6.07, 6.45) is 3.66. The molecule has 1 aliphatic heterocycles. The van der Waals surface area contributed by atoms with E-state index in [1.165, 1.54) is 0 Å². The molecule has 3 N–H and O–H groups in total. The van der Waals surface area contributed by atoms with Crippen molar-refractivity contribution < 1.29 is 9.32 Å². The smallest absolute Gasteiger partial charge is 0.232 e. The third-order valence-corrected chi connectivity index (χ3v) is 4.16. The summed E-state index contributed by atoms with van der Waals surface area (Å²) in [5.41, 5.74) is 8.25. The Kier molecular flexibility index (Phi) is 4.82. The Hall–Kier alpha value is -2.71. The number of carbonyl (C=O) groups is 1. The molecule has 8 nitrogen and oxygen atoms in total. The minimum absolute atomic E-state index is 0. The molecule has 3 aromatic rings. The van der Waals surface area contributed by atoms with E-state index in [4.69, 9.17) is 10.3 Å². The van der Waals surface area contributed by atoms with E-state index < -0.39 is 0 Å². The van der Waals surface area contributed by atoms with E-state index in [9.17, 15) is 4.79 Å². The van der Waals surface area contributed by atoms with Crippen LogP contribution < -0.4 is 10.6 Å². The van der Waals surface area contributed by atoms with Crippen LogP contribution in [0.4, 0.5) is 5.69 Å². The highest BCUT2D eigenvalue weighted by Crippen LogP contribution is 2.31. The number of hydrogen-bond acceptors (Lipinski definition) is 6. The second-order valence-electron chi connectivity index (χ2n) is 5.72. The number of aromatic amines is 1. The molecule has 1 amide bonds. The van der Waals surface area contributed by atoms with Crippen molar-refractivity contribution in [3.63, 3.8) is 0 Å². The normalized spacial score (nSPS) is 16.9. The molecule has 1 aliphatic rings. The molecule has 1 atom stereocenters. The van der Waals surface area contributed by atoms with Crippen molar-refractivity contribution in [2.45, 2.75) is 18.9 Å². The van der Waals surface area contributed by atoms with Gasteiger partial charge in [-0.15, -0.1) is 12.4 Å². The first kappa shape index (κ1) is 17.1. The summed E-state index contributed by atoms with van der Waals surface area (Å²) >= 11 is 0. The van der Waals surface area contributed by atoms with Gasteiger partial charge in [0.2, 0.25) is 17.6 Å². The van der Waals surface area contributed by atoms with Gasteiger partial charge < -0.3 is 15.2 Å². The van der Waals surface area contributed by atoms with E-state index in [1.54, 1.807) is 17.3 Å². The fourth-order valence-corrected chi connectivity index (χ4v) is 2.82. The van der Waals surface area contributed by atoms with Crippen molar-refractivity contribution in [2.75, 3.05) is 11.4 Å². The predicted molar refractivity (Wildman–Crippen MR) is 93.2 cm³/mol. The van der Waals surface area contributed by atoms with Crippen LogP contribution in [-0.2, 0) is 11.3 Å². The molecule has 1 saturated heterocycles. The SMILES string of the molecule is Cl.NCc1ccc(-c2noc(C3CC(=O)N(c4cn[nH]c4)C3)n2)cc1. The van der Waals surface area contributed by atoms with E-state index in [0.29, 0.717) is 31.2 Å². The number of H-pyrrole nitrogens is 1. The largest absolute Gasteiger partial charge is 0.339 e. The maximum atomic E-state index is 12.2. The second kappa shape index (κ2) is 7.04. The van der Waals surface area contributed by atoms with Crippen LogP contribution in [0.15, 0.2) is 41.2 Å². The van der Waals surface area contributed by atoms with Crippen molar-refractivity contribution in [2.24, 2.45) is 5.73 Å². The molecule has 25 heavy (non-hydrogen) atoms. The fraction of sp³-hybridized carbons (Fsp3) is 0.250. The third kappa shape index (κ3) is 3.26. The van der Waals surface area contributed by atoms with Crippen LogP contribution in [0.25, 0.3) is 11.4 Å². The number of rotatable bonds is 4. The molecule has 0 radical (unpaired) electrons. The molecule has 130 valence electrons. The Morgan fingerprint density at radius 1 is 1.32 bits per heavy atom. The van der Waals surface area contributed by atoms with Crippen molar-refractivity contribution in [3.05, 3.63) is 48.1 Å². The van der Waals surface area contributed by atoms with Gasteiger partial charge in [0.25, 0.3) is 0 Å². The van der Waals surface area contributed by atoms with Crippen LogP contribution >= 0.6 is 12.4 Å². The standard InChI is InChI=1S/C16H16N6O2.ClH/c17-6-10-1-3-11(4-2-10)15-20-16(24-21-15)12-5-14(23)22(9-12)13-7-18-19-8-13;/h1-4,7-8,12H,5-6,9,17H2,(H,18,19);1H. The fourth-order valence-electron chi connectivity index (χ4n) is 2.82. The van der Waals surface area contributed by atoms with Crippen LogP contribution in [-0.4, -0.2) is 32.8 Å². The summed E-state index contributed by atoms with van der Waals surface area (Å²) in [6, 6.07) is 7.69. The van der Waals surface area contributed by atoms with Gasteiger partial charge in [0.15, 0.2) is 0 Å². The molecule has 4 rings (SSSR count). The van der Waals surface area contributed by atoms with Crippen LogP contribution in [0.2, 0.25) is 0 Å². The maximum absolute atomic E-state index is 12.2. The first-order valence-corrected chi connectivity index (χ1v) is 7.66. The van der Waals surface area contributed by atoms with Crippen molar-refractivity contribution in [3.8, 4) is 11.4 Å². The number of nitrogens with one attached hydrogen (secondary N) is 1. The molecule has 0 spiro atoms. The average Bonchev–Trinajstić information content (AvgIpc) is 3.35. The van der Waals surface area contributed by atoms with Crippen LogP contribution in [0.1, 0.15) is 23.8 Å². The molecule has 9 heteroatoms. The summed E-state index contributed by atoms with van der Waals surface area (Å²) in [5, 5.41) is 10.6. The second-order valence-corrected chi connectivity index (χ2v) is 5.72. The first-order chi connectivity index (χ1) is 11.7. The number of halogens is 1. The summed E-state index contributed by atoms with van der Waals surface area (Å²) in [6.45, 7) is 0.998. The highest BCUT2D eigenvalue weighted by molar-refractivity contribution is 5.96. The van der Waals surface area contributed by atoms with Gasteiger partial charge in [-0.3, -0.25) is 9.89 Å². The Labute approximate surface area is 149 Å². The number of amides is 1. The number of hydrogen-bond donors (Lipinski definition) is 2. The van der Waals surface area contributed by atoms with E-state index in [1.807, 2.05) is 24.3 Å². The zero-order chi connectivity index (χ0) is 16.5. The van der Waals surface area contributed by atoms with Crippen LogP contribution in [0, 0.1) is 0 Å². The molecule has 1 unspecified atom stereocenters. The van der Waals surface area contributed by atoms with Gasteiger partial charge >= 0.3 is 0 Å². The van der Waals surface area contributed by atoms with Crippen molar-refractivity contribution in [1.29, 1.82) is 0 Å². The van der Waals surface area contributed by atoms with Crippen molar-refractivity contribution in [1.82, 2.24) is 20.3 Å². The highest BCUT2D eigenvalue weighted by atomic mass is 35.5. The summed E-state index contributed by atoms with van der Waals surface area (Å²) < 4.78 is 5.39. The quantitative estimate of drug-likeness (QED) is 0.734. The monoisotopic (exact) mass is 360 g/mol. The molecular formula is C16H17ClN6O2. The molecule has 1 aromatic carbocycles. The Morgan fingerprint density at radius 2 is 2.12 bits per heavy atom. The number of benzene rings is 1. The summed E-state index contributed by atoms with van der Waals surface area (Å²) in [4.78, 5) is 18.3. The number of anilines is 1. The molecule has 0 saturated carbocycles. The maximum Gasteiger partial charge on any atom is 0.232 e. The molecule has 1 fully saturated rings. The summed E-state index contributed by atoms with van der Waals surface area (Å²) in [5.74, 6) is 0.903. The van der Waals surface area contributed by atoms with Gasteiger partial charge in [0.05, 0.1) is 17.8 Å². The number of carbonyl (C=O) groups excluding carboxylic acids is 1. The Bertz CT molecular complexity index is 846. The van der Waals surface area contributed by atoms with Gasteiger partial charge in [-0.1, -0.05) is 29.4 Å². The number of nitrogens with two attached hydrogens (primary N) is 1. The molecule has 3 heterocycles. The van der Waals surface area contributed by atoms with Crippen molar-refractivity contribution >= 4 is 24.0 Å². The lowest BCUT2D eigenvalue weighted by molar-refractivity contribution is -0.117. The average molecular weight is 361 g/mol. The lowest BCUT2D eigenvalue weighted by Gasteiger charge is -2.12. The van der Waals surface area contributed by atoms with E-state index >= 15 is 0 Å². The first-order valence-electron chi connectivity index (χ1n) is 7.66. The van der Waals surface area contributed by atoms with Gasteiger partial charge in [-0.25, -0.2) is 0 Å². The Balaban J connectivity index is 0.00000182. The van der Waals surface area contributed by atoms with Crippen LogP contribution in [0.5, 0.6) is 0 Å². The Morgan fingerprint density at radius 3 is 2.80 bits per heavy atom. The predicted octanol–water partition coefficient (Wildman–Crippen LogP) is 1.86. The summed E-state index contributed by atoms with van der Waals surface area (Å²) in [7, 11) is 0. The van der Waals surface area contributed by atoms with Gasteiger partial charge in [0.1, 0.15) is 0 Å². The molecular weight excluding hydrogens is 344 g/mol. The van der Waals surface area contributed by atoms with Gasteiger partial charge in [-0.05, 0) is 5.56 Å².